The maximum absolute atomic E-state index is 5.31. The molecule has 0 radical (unpaired) electrons. The molecule has 1 heterocycles. The molecule has 1 aliphatic rings. The molecule has 0 amide bonds. The second-order valence-electron chi connectivity index (χ2n) is 2.93. The molecular weight excluding hydrogens is 124 g/mol. The van der Waals surface area contributed by atoms with Crippen molar-refractivity contribution in [3.8, 4) is 12.3 Å². The van der Waals surface area contributed by atoms with Crippen LogP contribution in [0, 0.1) is 24.2 Å². The van der Waals surface area contributed by atoms with Gasteiger partial charge < -0.3 is 4.74 Å². The SMILES string of the molecule is C#CC(C)C1CCCOC1. The fourth-order valence-corrected chi connectivity index (χ4v) is 1.30. The van der Waals surface area contributed by atoms with Crippen LogP contribution in [0.25, 0.3) is 0 Å². The van der Waals surface area contributed by atoms with Crippen molar-refractivity contribution in [2.75, 3.05) is 13.2 Å². The summed E-state index contributed by atoms with van der Waals surface area (Å²) in [5.41, 5.74) is 0. The Morgan fingerprint density at radius 1 is 1.70 bits per heavy atom. The van der Waals surface area contributed by atoms with Crippen LogP contribution in [0.4, 0.5) is 0 Å². The summed E-state index contributed by atoms with van der Waals surface area (Å²) in [5, 5.41) is 0. The lowest BCUT2D eigenvalue weighted by atomic mass is 9.90. The van der Waals surface area contributed by atoms with E-state index in [1.54, 1.807) is 0 Å². The minimum atomic E-state index is 0.389. The first kappa shape index (κ1) is 7.63. The van der Waals surface area contributed by atoms with Gasteiger partial charge in [-0.1, -0.05) is 6.92 Å². The van der Waals surface area contributed by atoms with Gasteiger partial charge in [0, 0.05) is 12.5 Å². The van der Waals surface area contributed by atoms with Gasteiger partial charge in [-0.2, -0.15) is 0 Å². The van der Waals surface area contributed by atoms with E-state index in [0.29, 0.717) is 11.8 Å². The third-order valence-electron chi connectivity index (χ3n) is 2.17. The van der Waals surface area contributed by atoms with Gasteiger partial charge in [-0.15, -0.1) is 12.3 Å². The molecule has 0 bridgehead atoms. The van der Waals surface area contributed by atoms with Crippen molar-refractivity contribution in [1.29, 1.82) is 0 Å². The van der Waals surface area contributed by atoms with E-state index in [1.807, 2.05) is 0 Å². The van der Waals surface area contributed by atoms with Crippen LogP contribution >= 0.6 is 0 Å². The van der Waals surface area contributed by atoms with Crippen molar-refractivity contribution in [2.24, 2.45) is 11.8 Å². The van der Waals surface area contributed by atoms with Crippen LogP contribution in [0.3, 0.4) is 0 Å². The van der Waals surface area contributed by atoms with E-state index in [1.165, 1.54) is 12.8 Å². The highest BCUT2D eigenvalue weighted by molar-refractivity contribution is 4.94. The van der Waals surface area contributed by atoms with Gasteiger partial charge in [0.25, 0.3) is 0 Å². The van der Waals surface area contributed by atoms with Crippen LogP contribution in [0.2, 0.25) is 0 Å². The van der Waals surface area contributed by atoms with Gasteiger partial charge in [-0.3, -0.25) is 0 Å². The van der Waals surface area contributed by atoms with Gasteiger partial charge in [0.1, 0.15) is 0 Å². The van der Waals surface area contributed by atoms with Crippen LogP contribution in [0.15, 0.2) is 0 Å². The normalized spacial score (nSPS) is 29.0. The zero-order valence-electron chi connectivity index (χ0n) is 6.47. The first-order chi connectivity index (χ1) is 4.84. The summed E-state index contributed by atoms with van der Waals surface area (Å²) >= 11 is 0. The van der Waals surface area contributed by atoms with E-state index in [9.17, 15) is 0 Å². The lowest BCUT2D eigenvalue weighted by Gasteiger charge is -2.24. The fraction of sp³-hybridized carbons (Fsp3) is 0.778. The average molecular weight is 138 g/mol. The first-order valence-electron chi connectivity index (χ1n) is 3.88. The second kappa shape index (κ2) is 3.63. The Labute approximate surface area is 62.8 Å². The van der Waals surface area contributed by atoms with E-state index in [2.05, 4.69) is 12.8 Å². The van der Waals surface area contributed by atoms with Gasteiger partial charge >= 0.3 is 0 Å². The number of hydrogen-bond donors (Lipinski definition) is 0. The van der Waals surface area contributed by atoms with Crippen molar-refractivity contribution in [2.45, 2.75) is 19.8 Å². The van der Waals surface area contributed by atoms with Gasteiger partial charge in [0.05, 0.1) is 6.61 Å². The molecule has 1 heteroatoms. The second-order valence-corrected chi connectivity index (χ2v) is 2.93. The number of ether oxygens (including phenoxy) is 1. The average Bonchev–Trinajstić information content (AvgIpc) is 2.05. The monoisotopic (exact) mass is 138 g/mol. The van der Waals surface area contributed by atoms with Crippen LogP contribution in [0.5, 0.6) is 0 Å². The third kappa shape index (κ3) is 1.75. The molecule has 1 aliphatic heterocycles. The van der Waals surface area contributed by atoms with E-state index in [4.69, 9.17) is 11.2 Å². The predicted octanol–water partition coefficient (Wildman–Crippen LogP) is 1.68. The van der Waals surface area contributed by atoms with Crippen molar-refractivity contribution in [1.82, 2.24) is 0 Å². The summed E-state index contributed by atoms with van der Waals surface area (Å²) in [6.07, 6.45) is 7.72. The van der Waals surface area contributed by atoms with Crippen molar-refractivity contribution in [3.05, 3.63) is 0 Å². The minimum Gasteiger partial charge on any atom is -0.381 e. The minimum absolute atomic E-state index is 0.389. The van der Waals surface area contributed by atoms with E-state index in [-0.39, 0.29) is 0 Å². The topological polar surface area (TPSA) is 9.23 Å². The molecule has 1 rings (SSSR count). The van der Waals surface area contributed by atoms with Gasteiger partial charge in [0.2, 0.25) is 0 Å². The fourth-order valence-electron chi connectivity index (χ4n) is 1.30. The van der Waals surface area contributed by atoms with Crippen molar-refractivity contribution in [3.63, 3.8) is 0 Å². The van der Waals surface area contributed by atoms with Crippen molar-refractivity contribution < 1.29 is 4.74 Å². The molecule has 1 nitrogen and oxygen atoms in total. The van der Waals surface area contributed by atoms with Gasteiger partial charge in [-0.05, 0) is 18.8 Å². The summed E-state index contributed by atoms with van der Waals surface area (Å²) in [7, 11) is 0. The zero-order chi connectivity index (χ0) is 7.40. The van der Waals surface area contributed by atoms with Crippen LogP contribution in [-0.2, 0) is 4.74 Å². The molecule has 2 unspecified atom stereocenters. The maximum Gasteiger partial charge on any atom is 0.0505 e. The van der Waals surface area contributed by atoms with E-state index in [0.717, 1.165) is 13.2 Å². The summed E-state index contributed by atoms with van der Waals surface area (Å²) < 4.78 is 5.31. The molecule has 0 saturated carbocycles. The molecule has 1 fully saturated rings. The Morgan fingerprint density at radius 2 is 2.50 bits per heavy atom. The lowest BCUT2D eigenvalue weighted by Crippen LogP contribution is -2.22. The van der Waals surface area contributed by atoms with Gasteiger partial charge in [-0.25, -0.2) is 0 Å². The Morgan fingerprint density at radius 3 is 3.00 bits per heavy atom. The molecule has 0 aromatic rings. The van der Waals surface area contributed by atoms with Crippen LogP contribution in [0.1, 0.15) is 19.8 Å². The van der Waals surface area contributed by atoms with Crippen molar-refractivity contribution >= 4 is 0 Å². The molecule has 1 saturated heterocycles. The Kier molecular flexibility index (Phi) is 2.77. The standard InChI is InChI=1S/C9H14O/c1-3-8(2)9-5-4-6-10-7-9/h1,8-9H,4-7H2,2H3. The molecule has 10 heavy (non-hydrogen) atoms. The number of hydrogen-bond acceptors (Lipinski definition) is 1. The smallest absolute Gasteiger partial charge is 0.0505 e. The maximum atomic E-state index is 5.31. The highest BCUT2D eigenvalue weighted by atomic mass is 16.5. The number of terminal acetylenes is 1. The summed E-state index contributed by atoms with van der Waals surface area (Å²) in [6, 6.07) is 0. The third-order valence-corrected chi connectivity index (χ3v) is 2.17. The molecular formula is C9H14O. The summed E-state index contributed by atoms with van der Waals surface area (Å²) in [6.45, 7) is 3.89. The summed E-state index contributed by atoms with van der Waals surface area (Å²) in [5.74, 6) is 3.75. The first-order valence-corrected chi connectivity index (χ1v) is 3.88. The molecule has 0 N–H and O–H groups in total. The molecule has 2 atom stereocenters. The highest BCUT2D eigenvalue weighted by Gasteiger charge is 2.18. The molecule has 0 spiro atoms. The highest BCUT2D eigenvalue weighted by Crippen LogP contribution is 2.20. The molecule has 0 aromatic carbocycles. The quantitative estimate of drug-likeness (QED) is 0.501. The lowest BCUT2D eigenvalue weighted by molar-refractivity contribution is 0.0432. The van der Waals surface area contributed by atoms with E-state index < -0.39 is 0 Å². The Hall–Kier alpha value is -0.480. The van der Waals surface area contributed by atoms with E-state index >= 15 is 0 Å². The Balaban J connectivity index is 2.33. The summed E-state index contributed by atoms with van der Waals surface area (Å²) in [4.78, 5) is 0. The number of rotatable bonds is 1. The largest absolute Gasteiger partial charge is 0.381 e. The van der Waals surface area contributed by atoms with Gasteiger partial charge in [0.15, 0.2) is 0 Å². The van der Waals surface area contributed by atoms with Crippen LogP contribution < -0.4 is 0 Å². The predicted molar refractivity (Wildman–Crippen MR) is 41.5 cm³/mol. The molecule has 0 aliphatic carbocycles. The molecule has 56 valence electrons. The zero-order valence-corrected chi connectivity index (χ0v) is 6.47. The Bertz CT molecular complexity index is 128. The molecule has 0 aromatic heterocycles. The van der Waals surface area contributed by atoms with Crippen LogP contribution in [-0.4, -0.2) is 13.2 Å².